The highest BCUT2D eigenvalue weighted by molar-refractivity contribution is 7.09. The lowest BCUT2D eigenvalue weighted by atomic mass is 10.1. The van der Waals surface area contributed by atoms with Crippen molar-refractivity contribution in [3.05, 3.63) is 52.2 Å². The molecule has 1 aromatic heterocycles. The molecule has 0 saturated carbocycles. The number of rotatable bonds is 8. The van der Waals surface area contributed by atoms with Crippen LogP contribution in [0.3, 0.4) is 0 Å². The summed E-state index contributed by atoms with van der Waals surface area (Å²) in [5.74, 6) is 1.11. The van der Waals surface area contributed by atoms with Crippen molar-refractivity contribution in [3.8, 4) is 5.75 Å². The van der Waals surface area contributed by atoms with Crippen LogP contribution < -0.4 is 10.1 Å². The molecule has 1 aliphatic rings. The molecular weight excluding hydrogens is 320 g/mol. The van der Waals surface area contributed by atoms with Gasteiger partial charge in [0.1, 0.15) is 11.9 Å². The number of para-hydroxylation sites is 1. The van der Waals surface area contributed by atoms with E-state index in [0.717, 1.165) is 31.8 Å². The van der Waals surface area contributed by atoms with Gasteiger partial charge in [0, 0.05) is 30.9 Å². The Labute approximate surface area is 147 Å². The molecule has 1 amide bonds. The molecule has 1 aromatic carbocycles. The number of nitrogens with one attached hydrogen (secondary N) is 1. The molecule has 0 spiro atoms. The lowest BCUT2D eigenvalue weighted by molar-refractivity contribution is -0.122. The van der Waals surface area contributed by atoms with E-state index < -0.39 is 0 Å². The second-order valence-electron chi connectivity index (χ2n) is 6.07. The van der Waals surface area contributed by atoms with E-state index in [2.05, 4.69) is 23.2 Å². The summed E-state index contributed by atoms with van der Waals surface area (Å²) in [7, 11) is 0. The van der Waals surface area contributed by atoms with E-state index >= 15 is 0 Å². The molecule has 2 heterocycles. The number of likely N-dealkylation sites (tertiary alicyclic amines) is 1. The molecule has 0 atom stereocenters. The van der Waals surface area contributed by atoms with Gasteiger partial charge in [0.05, 0.1) is 6.54 Å². The van der Waals surface area contributed by atoms with Crippen molar-refractivity contribution in [1.82, 2.24) is 10.2 Å². The van der Waals surface area contributed by atoms with Crippen molar-refractivity contribution in [2.24, 2.45) is 0 Å². The number of aryl methyl sites for hydroxylation is 1. The monoisotopic (exact) mass is 344 g/mol. The van der Waals surface area contributed by atoms with Crippen LogP contribution in [0.5, 0.6) is 5.75 Å². The number of thiophene rings is 1. The third-order valence-electron chi connectivity index (χ3n) is 4.27. The summed E-state index contributed by atoms with van der Waals surface area (Å²) in [6.07, 6.45) is 1.77. The molecule has 24 heavy (non-hydrogen) atoms. The van der Waals surface area contributed by atoms with E-state index in [1.54, 1.807) is 11.3 Å². The molecule has 1 fully saturated rings. The minimum atomic E-state index is 0.115. The maximum absolute atomic E-state index is 11.9. The van der Waals surface area contributed by atoms with Crippen LogP contribution in [-0.4, -0.2) is 36.5 Å². The minimum absolute atomic E-state index is 0.115. The molecule has 2 aromatic rings. The van der Waals surface area contributed by atoms with E-state index in [-0.39, 0.29) is 12.0 Å². The first-order chi connectivity index (χ1) is 11.7. The van der Waals surface area contributed by atoms with Gasteiger partial charge in [-0.05, 0) is 29.5 Å². The largest absolute Gasteiger partial charge is 0.487 e. The highest BCUT2D eigenvalue weighted by atomic mass is 32.1. The second-order valence-corrected chi connectivity index (χ2v) is 7.10. The first-order valence-corrected chi connectivity index (χ1v) is 9.38. The van der Waals surface area contributed by atoms with Crippen molar-refractivity contribution in [2.75, 3.05) is 19.6 Å². The van der Waals surface area contributed by atoms with E-state index in [4.69, 9.17) is 4.74 Å². The summed E-state index contributed by atoms with van der Waals surface area (Å²) >= 11 is 1.67. The van der Waals surface area contributed by atoms with Gasteiger partial charge in [-0.2, -0.15) is 0 Å². The fourth-order valence-corrected chi connectivity index (χ4v) is 3.46. The van der Waals surface area contributed by atoms with Crippen molar-refractivity contribution in [3.63, 3.8) is 0 Å². The summed E-state index contributed by atoms with van der Waals surface area (Å²) in [6.45, 7) is 5.37. The lowest BCUT2D eigenvalue weighted by Crippen LogP contribution is -2.54. The molecule has 3 rings (SSSR count). The van der Waals surface area contributed by atoms with Gasteiger partial charge in [0.15, 0.2) is 0 Å². The van der Waals surface area contributed by atoms with E-state index in [0.29, 0.717) is 13.0 Å². The topological polar surface area (TPSA) is 41.6 Å². The first-order valence-electron chi connectivity index (χ1n) is 8.50. The Morgan fingerprint density at radius 3 is 2.88 bits per heavy atom. The summed E-state index contributed by atoms with van der Waals surface area (Å²) in [6, 6.07) is 12.3. The predicted octanol–water partition coefficient (Wildman–Crippen LogP) is 3.08. The number of ether oxygens (including phenoxy) is 1. The van der Waals surface area contributed by atoms with Gasteiger partial charge < -0.3 is 10.1 Å². The van der Waals surface area contributed by atoms with E-state index in [1.165, 1.54) is 10.4 Å². The number of nitrogens with zero attached hydrogens (tertiary/aromatic N) is 1. The number of carbonyl (C=O) groups is 1. The molecule has 128 valence electrons. The van der Waals surface area contributed by atoms with Crippen LogP contribution in [0.2, 0.25) is 0 Å². The predicted molar refractivity (Wildman–Crippen MR) is 97.5 cm³/mol. The third-order valence-corrected chi connectivity index (χ3v) is 5.14. The van der Waals surface area contributed by atoms with Crippen molar-refractivity contribution >= 4 is 17.2 Å². The Kier molecular flexibility index (Phi) is 5.88. The summed E-state index contributed by atoms with van der Waals surface area (Å²) in [4.78, 5) is 15.3. The third kappa shape index (κ3) is 4.58. The number of hydrogen-bond donors (Lipinski definition) is 1. The minimum Gasteiger partial charge on any atom is -0.487 e. The lowest BCUT2D eigenvalue weighted by Gasteiger charge is -2.39. The van der Waals surface area contributed by atoms with Crippen LogP contribution in [0, 0.1) is 0 Å². The van der Waals surface area contributed by atoms with E-state index in [9.17, 15) is 4.79 Å². The highest BCUT2D eigenvalue weighted by Gasteiger charge is 2.28. The van der Waals surface area contributed by atoms with Crippen molar-refractivity contribution in [1.29, 1.82) is 0 Å². The zero-order valence-electron chi connectivity index (χ0n) is 14.0. The molecule has 1 saturated heterocycles. The molecule has 0 bridgehead atoms. The van der Waals surface area contributed by atoms with Gasteiger partial charge in [0.2, 0.25) is 5.91 Å². The highest BCUT2D eigenvalue weighted by Crippen LogP contribution is 2.23. The van der Waals surface area contributed by atoms with Crippen LogP contribution >= 0.6 is 11.3 Å². The van der Waals surface area contributed by atoms with E-state index in [1.807, 2.05) is 35.7 Å². The Morgan fingerprint density at radius 2 is 2.12 bits per heavy atom. The number of benzene rings is 1. The van der Waals surface area contributed by atoms with Crippen LogP contribution in [0.4, 0.5) is 0 Å². The zero-order chi connectivity index (χ0) is 16.8. The summed E-state index contributed by atoms with van der Waals surface area (Å²) in [5, 5.41) is 4.99. The molecular formula is C19H24N2O2S. The quantitative estimate of drug-likeness (QED) is 0.800. The molecule has 0 aliphatic carbocycles. The van der Waals surface area contributed by atoms with Crippen LogP contribution in [0.15, 0.2) is 41.8 Å². The van der Waals surface area contributed by atoms with Gasteiger partial charge in [0.25, 0.3) is 0 Å². The SMILES string of the molecule is CCc1ccccc1OC1CN(CCC(=O)NCc2cccs2)C1. The number of amides is 1. The van der Waals surface area contributed by atoms with Crippen molar-refractivity contribution in [2.45, 2.75) is 32.4 Å². The Balaban J connectivity index is 1.33. The van der Waals surface area contributed by atoms with Crippen molar-refractivity contribution < 1.29 is 9.53 Å². The van der Waals surface area contributed by atoms with Crippen LogP contribution in [-0.2, 0) is 17.8 Å². The maximum atomic E-state index is 11.9. The maximum Gasteiger partial charge on any atom is 0.221 e. The summed E-state index contributed by atoms with van der Waals surface area (Å²) in [5.41, 5.74) is 1.25. The number of carbonyl (C=O) groups excluding carboxylic acids is 1. The average Bonchev–Trinajstić information content (AvgIpc) is 3.08. The number of hydrogen-bond acceptors (Lipinski definition) is 4. The molecule has 4 nitrogen and oxygen atoms in total. The molecule has 5 heteroatoms. The normalized spacial score (nSPS) is 15.0. The van der Waals surface area contributed by atoms with Crippen LogP contribution in [0.1, 0.15) is 23.8 Å². The van der Waals surface area contributed by atoms with Gasteiger partial charge in [-0.3, -0.25) is 9.69 Å². The summed E-state index contributed by atoms with van der Waals surface area (Å²) < 4.78 is 6.07. The molecule has 1 aliphatic heterocycles. The Morgan fingerprint density at radius 1 is 1.29 bits per heavy atom. The standard InChI is InChI=1S/C19H24N2O2S/c1-2-15-6-3-4-8-18(15)23-16-13-21(14-16)10-9-19(22)20-12-17-7-5-11-24-17/h3-8,11,16H,2,9-10,12-14H2,1H3,(H,20,22). The fourth-order valence-electron chi connectivity index (χ4n) is 2.82. The van der Waals surface area contributed by atoms with Gasteiger partial charge in [-0.15, -0.1) is 11.3 Å². The van der Waals surface area contributed by atoms with Gasteiger partial charge in [-0.1, -0.05) is 31.2 Å². The smallest absolute Gasteiger partial charge is 0.221 e. The fraction of sp³-hybridized carbons (Fsp3) is 0.421. The molecule has 1 N–H and O–H groups in total. The Hall–Kier alpha value is -1.85. The first kappa shape index (κ1) is 17.0. The second kappa shape index (κ2) is 8.31. The van der Waals surface area contributed by atoms with Crippen LogP contribution in [0.25, 0.3) is 0 Å². The zero-order valence-corrected chi connectivity index (χ0v) is 14.8. The average molecular weight is 344 g/mol. The van der Waals surface area contributed by atoms with Gasteiger partial charge >= 0.3 is 0 Å². The van der Waals surface area contributed by atoms with Gasteiger partial charge in [-0.25, -0.2) is 0 Å². The Bertz CT molecular complexity index is 651. The molecule has 0 unspecified atom stereocenters. The molecule has 0 radical (unpaired) electrons.